The van der Waals surface area contributed by atoms with E-state index in [0.717, 1.165) is 22.3 Å². The van der Waals surface area contributed by atoms with Crippen LogP contribution in [0.1, 0.15) is 13.8 Å². The molecule has 2 heterocycles. The van der Waals surface area contributed by atoms with Crippen molar-refractivity contribution in [2.24, 2.45) is 0 Å². The van der Waals surface area contributed by atoms with E-state index in [0.29, 0.717) is 5.82 Å². The number of nitrogens with zero attached hydrogens (tertiary/aromatic N) is 3. The van der Waals surface area contributed by atoms with Crippen molar-refractivity contribution in [3.8, 4) is 17.3 Å². The van der Waals surface area contributed by atoms with Crippen molar-refractivity contribution in [1.29, 1.82) is 0 Å². The molecule has 19 heavy (non-hydrogen) atoms. The number of aromatic amines is 1. The van der Waals surface area contributed by atoms with Crippen LogP contribution in [0.2, 0.25) is 0 Å². The van der Waals surface area contributed by atoms with Crippen molar-refractivity contribution in [3.05, 3.63) is 36.7 Å². The van der Waals surface area contributed by atoms with Gasteiger partial charge in [-0.3, -0.25) is 5.10 Å². The van der Waals surface area contributed by atoms with E-state index in [1.807, 2.05) is 32.0 Å². The van der Waals surface area contributed by atoms with Gasteiger partial charge in [0.25, 0.3) is 0 Å². The normalized spacial score (nSPS) is 11.1. The fourth-order valence-corrected chi connectivity index (χ4v) is 1.93. The van der Waals surface area contributed by atoms with E-state index in [-0.39, 0.29) is 6.10 Å². The number of aromatic nitrogens is 4. The molecule has 3 rings (SSSR count). The van der Waals surface area contributed by atoms with Gasteiger partial charge in [0.1, 0.15) is 11.4 Å². The smallest absolute Gasteiger partial charge is 0.180 e. The van der Waals surface area contributed by atoms with E-state index in [9.17, 15) is 0 Å². The Labute approximate surface area is 110 Å². The Morgan fingerprint density at radius 3 is 2.68 bits per heavy atom. The summed E-state index contributed by atoms with van der Waals surface area (Å²) in [7, 11) is 0. The lowest BCUT2D eigenvalue weighted by Crippen LogP contribution is -2.05. The van der Waals surface area contributed by atoms with Crippen molar-refractivity contribution in [3.63, 3.8) is 0 Å². The first-order valence-electron chi connectivity index (χ1n) is 6.16. The first-order valence-corrected chi connectivity index (χ1v) is 6.16. The summed E-state index contributed by atoms with van der Waals surface area (Å²) in [5.41, 5.74) is 1.68. The Morgan fingerprint density at radius 1 is 1.16 bits per heavy atom. The van der Waals surface area contributed by atoms with Gasteiger partial charge in [0.15, 0.2) is 5.82 Å². The van der Waals surface area contributed by atoms with Gasteiger partial charge in [-0.1, -0.05) is 0 Å². The van der Waals surface area contributed by atoms with Crippen molar-refractivity contribution in [1.82, 2.24) is 20.2 Å². The van der Waals surface area contributed by atoms with E-state index in [1.165, 1.54) is 0 Å². The largest absolute Gasteiger partial charge is 0.491 e. The summed E-state index contributed by atoms with van der Waals surface area (Å²) < 4.78 is 5.70. The van der Waals surface area contributed by atoms with Gasteiger partial charge in [-0.25, -0.2) is 9.97 Å². The molecule has 0 saturated carbocycles. The van der Waals surface area contributed by atoms with Gasteiger partial charge >= 0.3 is 0 Å². The fraction of sp³-hybridized carbons (Fsp3) is 0.214. The number of rotatable bonds is 3. The second-order valence-corrected chi connectivity index (χ2v) is 4.52. The van der Waals surface area contributed by atoms with Crippen LogP contribution < -0.4 is 4.74 Å². The van der Waals surface area contributed by atoms with Crippen LogP contribution in [0.4, 0.5) is 0 Å². The molecule has 0 atom stereocenters. The molecule has 0 unspecified atom stereocenters. The summed E-state index contributed by atoms with van der Waals surface area (Å²) in [6.45, 7) is 4.00. The van der Waals surface area contributed by atoms with Crippen molar-refractivity contribution in [2.75, 3.05) is 0 Å². The third-order valence-corrected chi connectivity index (χ3v) is 2.68. The second-order valence-electron chi connectivity index (χ2n) is 4.52. The van der Waals surface area contributed by atoms with Crippen LogP contribution in [0.5, 0.6) is 5.75 Å². The zero-order chi connectivity index (χ0) is 13.2. The molecule has 0 radical (unpaired) electrons. The average Bonchev–Trinajstić information content (AvgIpc) is 2.82. The van der Waals surface area contributed by atoms with Gasteiger partial charge in [0.2, 0.25) is 0 Å². The highest BCUT2D eigenvalue weighted by molar-refractivity contribution is 5.92. The van der Waals surface area contributed by atoms with Crippen LogP contribution in [-0.2, 0) is 0 Å². The van der Waals surface area contributed by atoms with E-state index >= 15 is 0 Å². The van der Waals surface area contributed by atoms with Crippen molar-refractivity contribution in [2.45, 2.75) is 20.0 Å². The number of hydrogen-bond donors (Lipinski definition) is 1. The van der Waals surface area contributed by atoms with Crippen LogP contribution in [-0.4, -0.2) is 26.3 Å². The summed E-state index contributed by atoms with van der Waals surface area (Å²) in [5, 5.41) is 8.22. The maximum atomic E-state index is 5.70. The number of ether oxygens (including phenoxy) is 1. The number of fused-ring (bicyclic) bond motifs is 1. The standard InChI is InChI=1S/C14H14N4O/c1-9(2)19-10-4-5-12-11(8-10)13(18-17-12)14-15-6-3-7-16-14/h3-9H,1-2H3,(H,17,18). The summed E-state index contributed by atoms with van der Waals surface area (Å²) in [4.78, 5) is 8.46. The Hall–Kier alpha value is -2.43. The minimum absolute atomic E-state index is 0.140. The zero-order valence-electron chi connectivity index (χ0n) is 10.8. The lowest BCUT2D eigenvalue weighted by atomic mass is 10.2. The molecule has 1 aromatic carbocycles. The molecule has 96 valence electrons. The topological polar surface area (TPSA) is 63.7 Å². The predicted octanol–water partition coefficient (Wildman–Crippen LogP) is 2.81. The average molecular weight is 254 g/mol. The van der Waals surface area contributed by atoms with Crippen LogP contribution in [0, 0.1) is 0 Å². The lowest BCUT2D eigenvalue weighted by Gasteiger charge is -2.09. The van der Waals surface area contributed by atoms with E-state index < -0.39 is 0 Å². The maximum absolute atomic E-state index is 5.70. The molecule has 0 saturated heterocycles. The highest BCUT2D eigenvalue weighted by atomic mass is 16.5. The van der Waals surface area contributed by atoms with Crippen LogP contribution in [0.3, 0.4) is 0 Å². The highest BCUT2D eigenvalue weighted by Crippen LogP contribution is 2.27. The molecule has 3 aromatic rings. The molecule has 0 aliphatic heterocycles. The molecule has 0 bridgehead atoms. The monoisotopic (exact) mass is 254 g/mol. The van der Waals surface area contributed by atoms with Crippen LogP contribution in [0.25, 0.3) is 22.4 Å². The minimum Gasteiger partial charge on any atom is -0.491 e. The summed E-state index contributed by atoms with van der Waals surface area (Å²) >= 11 is 0. The number of nitrogens with one attached hydrogen (secondary N) is 1. The Kier molecular flexibility index (Phi) is 2.87. The van der Waals surface area contributed by atoms with Gasteiger partial charge in [0, 0.05) is 17.8 Å². The summed E-state index contributed by atoms with van der Waals surface area (Å²) in [5.74, 6) is 1.43. The van der Waals surface area contributed by atoms with Gasteiger partial charge in [-0.15, -0.1) is 0 Å². The van der Waals surface area contributed by atoms with Gasteiger partial charge in [-0.2, -0.15) is 5.10 Å². The highest BCUT2D eigenvalue weighted by Gasteiger charge is 2.11. The molecular formula is C14H14N4O. The quantitative estimate of drug-likeness (QED) is 0.780. The molecule has 0 fully saturated rings. The second kappa shape index (κ2) is 4.68. The van der Waals surface area contributed by atoms with E-state index in [4.69, 9.17) is 4.74 Å². The van der Waals surface area contributed by atoms with Crippen molar-refractivity contribution < 1.29 is 4.74 Å². The number of hydrogen-bond acceptors (Lipinski definition) is 4. The fourth-order valence-electron chi connectivity index (χ4n) is 1.93. The first kappa shape index (κ1) is 11.6. The lowest BCUT2D eigenvalue weighted by molar-refractivity contribution is 0.243. The summed E-state index contributed by atoms with van der Waals surface area (Å²) in [6, 6.07) is 7.62. The van der Waals surface area contributed by atoms with Gasteiger partial charge in [-0.05, 0) is 38.1 Å². The molecule has 5 nitrogen and oxygen atoms in total. The Morgan fingerprint density at radius 2 is 1.95 bits per heavy atom. The first-order chi connectivity index (χ1) is 9.24. The molecule has 0 aliphatic rings. The minimum atomic E-state index is 0.140. The van der Waals surface area contributed by atoms with Crippen LogP contribution >= 0.6 is 0 Å². The maximum Gasteiger partial charge on any atom is 0.180 e. The molecular weight excluding hydrogens is 240 g/mol. The van der Waals surface area contributed by atoms with Gasteiger partial charge < -0.3 is 4.74 Å². The Balaban J connectivity index is 2.11. The van der Waals surface area contributed by atoms with E-state index in [1.54, 1.807) is 18.5 Å². The molecule has 1 N–H and O–H groups in total. The third kappa shape index (κ3) is 2.27. The van der Waals surface area contributed by atoms with Crippen LogP contribution in [0.15, 0.2) is 36.7 Å². The number of H-pyrrole nitrogens is 1. The Bertz CT molecular complexity index is 691. The molecule has 2 aromatic heterocycles. The SMILES string of the molecule is CC(C)Oc1ccc2[nH]nc(-c3ncccn3)c2c1. The zero-order valence-corrected chi connectivity index (χ0v) is 10.8. The molecule has 0 amide bonds. The molecule has 0 aliphatic carbocycles. The van der Waals surface area contributed by atoms with Gasteiger partial charge in [0.05, 0.1) is 11.6 Å². The number of benzene rings is 1. The molecule has 0 spiro atoms. The third-order valence-electron chi connectivity index (χ3n) is 2.68. The predicted molar refractivity (Wildman–Crippen MR) is 72.9 cm³/mol. The summed E-state index contributed by atoms with van der Waals surface area (Å²) in [6.07, 6.45) is 3.55. The van der Waals surface area contributed by atoms with Crippen molar-refractivity contribution >= 4 is 10.9 Å². The molecule has 5 heteroatoms. The van der Waals surface area contributed by atoms with E-state index in [2.05, 4.69) is 20.2 Å².